The van der Waals surface area contributed by atoms with E-state index < -0.39 is 5.97 Å². The minimum Gasteiger partial charge on any atom is -0.476 e. The Morgan fingerprint density at radius 3 is 2.88 bits per heavy atom. The maximum Gasteiger partial charge on any atom is 0.356 e. The molecule has 0 aliphatic rings. The number of aryl methyl sites for hydroxylation is 1. The van der Waals surface area contributed by atoms with E-state index in [-0.39, 0.29) is 11.7 Å². The number of halogens is 1. The maximum atomic E-state index is 10.7. The van der Waals surface area contributed by atoms with Crippen molar-refractivity contribution in [2.45, 2.75) is 0 Å². The van der Waals surface area contributed by atoms with Crippen LogP contribution in [0.15, 0.2) is 34.9 Å². The highest BCUT2D eigenvalue weighted by molar-refractivity contribution is 9.10. The third-order valence-corrected chi connectivity index (χ3v) is 2.55. The van der Waals surface area contributed by atoms with E-state index in [1.165, 1.54) is 10.8 Å². The highest BCUT2D eigenvalue weighted by atomic mass is 79.9. The molecular formula is C11H9BrN2O3. The van der Waals surface area contributed by atoms with Crippen molar-refractivity contribution < 1.29 is 14.6 Å². The van der Waals surface area contributed by atoms with Gasteiger partial charge in [-0.1, -0.05) is 22.0 Å². The van der Waals surface area contributed by atoms with Gasteiger partial charge >= 0.3 is 12.0 Å². The maximum absolute atomic E-state index is 10.7. The van der Waals surface area contributed by atoms with E-state index in [1.54, 1.807) is 19.2 Å². The molecule has 17 heavy (non-hydrogen) atoms. The van der Waals surface area contributed by atoms with Gasteiger partial charge < -0.3 is 14.4 Å². The third kappa shape index (κ3) is 2.65. The zero-order chi connectivity index (χ0) is 12.4. The second-order valence-electron chi connectivity index (χ2n) is 3.38. The average Bonchev–Trinajstić information content (AvgIpc) is 2.61. The first kappa shape index (κ1) is 11.7. The molecule has 2 aromatic rings. The Labute approximate surface area is 106 Å². The van der Waals surface area contributed by atoms with E-state index in [0.717, 1.165) is 4.47 Å². The molecule has 0 atom stereocenters. The molecule has 0 spiro atoms. The number of rotatable bonds is 3. The van der Waals surface area contributed by atoms with Gasteiger partial charge in [-0.3, -0.25) is 0 Å². The Morgan fingerprint density at radius 2 is 2.29 bits per heavy atom. The smallest absolute Gasteiger partial charge is 0.356 e. The largest absolute Gasteiger partial charge is 0.476 e. The Hall–Kier alpha value is -1.82. The summed E-state index contributed by atoms with van der Waals surface area (Å²) in [6.07, 6.45) is 1.40. The quantitative estimate of drug-likeness (QED) is 0.946. The van der Waals surface area contributed by atoms with E-state index in [9.17, 15) is 4.79 Å². The third-order valence-electron chi connectivity index (χ3n) is 2.06. The summed E-state index contributed by atoms with van der Waals surface area (Å²) in [4.78, 5) is 14.6. The molecule has 1 heterocycles. The molecule has 88 valence electrons. The number of imidazole rings is 1. The monoisotopic (exact) mass is 296 g/mol. The van der Waals surface area contributed by atoms with Crippen LogP contribution < -0.4 is 4.74 Å². The summed E-state index contributed by atoms with van der Waals surface area (Å²) >= 11 is 3.32. The summed E-state index contributed by atoms with van der Waals surface area (Å²) in [6, 6.07) is 7.46. The highest BCUT2D eigenvalue weighted by Crippen LogP contribution is 2.23. The molecule has 1 aromatic carbocycles. The lowest BCUT2D eigenvalue weighted by molar-refractivity contribution is 0.0690. The van der Waals surface area contributed by atoms with Gasteiger partial charge in [0, 0.05) is 17.7 Å². The molecule has 0 aliphatic heterocycles. The average molecular weight is 297 g/mol. The van der Waals surface area contributed by atoms with Crippen LogP contribution in [0.4, 0.5) is 0 Å². The van der Waals surface area contributed by atoms with Gasteiger partial charge in [0.2, 0.25) is 0 Å². The molecule has 2 rings (SSSR count). The lowest BCUT2D eigenvalue weighted by Gasteiger charge is -2.04. The van der Waals surface area contributed by atoms with E-state index in [0.29, 0.717) is 5.75 Å². The number of carboxylic acids is 1. The second-order valence-corrected chi connectivity index (χ2v) is 4.30. The van der Waals surface area contributed by atoms with Crippen molar-refractivity contribution in [1.29, 1.82) is 0 Å². The molecule has 0 bridgehead atoms. The summed E-state index contributed by atoms with van der Waals surface area (Å²) in [5.74, 6) is -0.491. The van der Waals surface area contributed by atoms with E-state index in [1.807, 2.05) is 12.1 Å². The molecular weight excluding hydrogens is 288 g/mol. The van der Waals surface area contributed by atoms with Gasteiger partial charge in [0.25, 0.3) is 0 Å². The fourth-order valence-electron chi connectivity index (χ4n) is 1.28. The molecule has 5 nitrogen and oxygen atoms in total. The fourth-order valence-corrected chi connectivity index (χ4v) is 1.66. The number of hydrogen-bond acceptors (Lipinski definition) is 3. The van der Waals surface area contributed by atoms with Crippen LogP contribution in [0.5, 0.6) is 11.8 Å². The van der Waals surface area contributed by atoms with Crippen LogP contribution in [0.3, 0.4) is 0 Å². The minimum atomic E-state index is -1.08. The van der Waals surface area contributed by atoms with Gasteiger partial charge in [0.1, 0.15) is 5.75 Å². The SMILES string of the molecule is Cn1cc(C(=O)O)nc1Oc1cccc(Br)c1. The zero-order valence-corrected chi connectivity index (χ0v) is 10.5. The van der Waals surface area contributed by atoms with Gasteiger partial charge in [0.15, 0.2) is 5.69 Å². The first-order chi connectivity index (χ1) is 8.06. The van der Waals surface area contributed by atoms with Crippen molar-refractivity contribution in [3.05, 3.63) is 40.6 Å². The van der Waals surface area contributed by atoms with Crippen molar-refractivity contribution in [3.63, 3.8) is 0 Å². The fraction of sp³-hybridized carbons (Fsp3) is 0.0909. The topological polar surface area (TPSA) is 64.4 Å². The van der Waals surface area contributed by atoms with Crippen molar-refractivity contribution in [2.75, 3.05) is 0 Å². The number of benzene rings is 1. The van der Waals surface area contributed by atoms with Crippen molar-refractivity contribution in [1.82, 2.24) is 9.55 Å². The molecule has 1 N–H and O–H groups in total. The molecule has 0 aliphatic carbocycles. The van der Waals surface area contributed by atoms with Crippen LogP contribution in [0.25, 0.3) is 0 Å². The number of aromatic carboxylic acids is 1. The van der Waals surface area contributed by atoms with Crippen LogP contribution in [-0.4, -0.2) is 20.6 Å². The lowest BCUT2D eigenvalue weighted by Crippen LogP contribution is -1.95. The number of carbonyl (C=O) groups is 1. The Balaban J connectivity index is 2.27. The van der Waals surface area contributed by atoms with Gasteiger partial charge in [-0.2, -0.15) is 4.98 Å². The first-order valence-corrected chi connectivity index (χ1v) is 5.55. The minimum absolute atomic E-state index is 0.0440. The summed E-state index contributed by atoms with van der Waals surface area (Å²) < 4.78 is 7.87. The number of ether oxygens (including phenoxy) is 1. The summed E-state index contributed by atoms with van der Waals surface area (Å²) in [6.45, 7) is 0. The summed E-state index contributed by atoms with van der Waals surface area (Å²) in [5, 5.41) is 8.79. The molecule has 1 aromatic heterocycles. The molecule has 6 heteroatoms. The first-order valence-electron chi connectivity index (χ1n) is 4.76. The number of nitrogens with zero attached hydrogens (tertiary/aromatic N) is 2. The number of aromatic nitrogens is 2. The Bertz CT molecular complexity index is 566. The predicted octanol–water partition coefficient (Wildman–Crippen LogP) is 2.67. The molecule has 0 fully saturated rings. The standard InChI is InChI=1S/C11H9BrN2O3/c1-14-6-9(10(15)16)13-11(14)17-8-4-2-3-7(12)5-8/h2-6H,1H3,(H,15,16). The Morgan fingerprint density at radius 1 is 1.53 bits per heavy atom. The predicted molar refractivity (Wildman–Crippen MR) is 64.4 cm³/mol. The second kappa shape index (κ2) is 4.58. The van der Waals surface area contributed by atoms with Crippen LogP contribution in [0.2, 0.25) is 0 Å². The van der Waals surface area contributed by atoms with E-state index >= 15 is 0 Å². The zero-order valence-electron chi connectivity index (χ0n) is 8.92. The van der Waals surface area contributed by atoms with Crippen LogP contribution in [0, 0.1) is 0 Å². The molecule has 0 amide bonds. The molecule has 0 saturated heterocycles. The molecule has 0 saturated carbocycles. The summed E-state index contributed by atoms with van der Waals surface area (Å²) in [5.41, 5.74) is -0.0440. The van der Waals surface area contributed by atoms with Crippen LogP contribution in [-0.2, 0) is 7.05 Å². The van der Waals surface area contributed by atoms with E-state index in [2.05, 4.69) is 20.9 Å². The lowest BCUT2D eigenvalue weighted by atomic mass is 10.3. The van der Waals surface area contributed by atoms with Crippen LogP contribution in [0.1, 0.15) is 10.5 Å². The number of hydrogen-bond donors (Lipinski definition) is 1. The van der Waals surface area contributed by atoms with Gasteiger partial charge in [-0.05, 0) is 18.2 Å². The van der Waals surface area contributed by atoms with Gasteiger partial charge in [-0.25, -0.2) is 4.79 Å². The van der Waals surface area contributed by atoms with Crippen LogP contribution >= 0.6 is 15.9 Å². The highest BCUT2D eigenvalue weighted by Gasteiger charge is 2.12. The molecule has 0 unspecified atom stereocenters. The molecule has 0 radical (unpaired) electrons. The van der Waals surface area contributed by atoms with Gasteiger partial charge in [0.05, 0.1) is 0 Å². The van der Waals surface area contributed by atoms with E-state index in [4.69, 9.17) is 9.84 Å². The van der Waals surface area contributed by atoms with Crippen molar-refractivity contribution >= 4 is 21.9 Å². The summed E-state index contributed by atoms with van der Waals surface area (Å²) in [7, 11) is 1.67. The number of carboxylic acid groups (broad SMARTS) is 1. The van der Waals surface area contributed by atoms with Crippen molar-refractivity contribution in [2.24, 2.45) is 7.05 Å². The normalized spacial score (nSPS) is 10.2. The van der Waals surface area contributed by atoms with Crippen molar-refractivity contribution in [3.8, 4) is 11.8 Å². The Kier molecular flexibility index (Phi) is 3.14. The van der Waals surface area contributed by atoms with Gasteiger partial charge in [-0.15, -0.1) is 0 Å².